The molecule has 2 aromatic carbocycles. The molecule has 1 aliphatic rings. The molecule has 1 N–H and O–H groups in total. The van der Waals surface area contributed by atoms with Crippen molar-refractivity contribution in [3.05, 3.63) is 69.6 Å². The second-order valence-electron chi connectivity index (χ2n) is 7.66. The van der Waals surface area contributed by atoms with Crippen LogP contribution >= 0.6 is 0 Å². The van der Waals surface area contributed by atoms with Crippen LogP contribution in [0.2, 0.25) is 0 Å². The summed E-state index contributed by atoms with van der Waals surface area (Å²) in [5.41, 5.74) is 4.23. The topological polar surface area (TPSA) is 89.9 Å². The van der Waals surface area contributed by atoms with E-state index in [0.29, 0.717) is 22.4 Å². The summed E-state index contributed by atoms with van der Waals surface area (Å²) in [6.07, 6.45) is 3.22. The predicted molar refractivity (Wildman–Crippen MR) is 109 cm³/mol. The van der Waals surface area contributed by atoms with Crippen molar-refractivity contribution >= 4 is 27.8 Å². The maximum Gasteiger partial charge on any atom is 0.339 e. The summed E-state index contributed by atoms with van der Waals surface area (Å²) >= 11 is 0. The highest BCUT2D eigenvalue weighted by molar-refractivity contribution is 5.96. The number of ether oxygens (including phenoxy) is 1. The number of aryl methyl sites for hydroxylation is 1. The number of H-pyrrole nitrogens is 1. The molecule has 7 heteroatoms. The van der Waals surface area contributed by atoms with E-state index in [1.807, 2.05) is 12.1 Å². The Kier molecular flexibility index (Phi) is 4.16. The lowest BCUT2D eigenvalue weighted by Gasteiger charge is -2.18. The van der Waals surface area contributed by atoms with Crippen molar-refractivity contribution in [3.63, 3.8) is 0 Å². The van der Waals surface area contributed by atoms with Gasteiger partial charge in [-0.15, -0.1) is 5.10 Å². The van der Waals surface area contributed by atoms with E-state index in [0.717, 1.165) is 28.4 Å². The minimum absolute atomic E-state index is 0.282. The van der Waals surface area contributed by atoms with Gasteiger partial charge in [-0.25, -0.2) is 4.79 Å². The van der Waals surface area contributed by atoms with Gasteiger partial charge in [0.25, 0.3) is 5.56 Å². The van der Waals surface area contributed by atoms with Gasteiger partial charge in [-0.1, -0.05) is 24.3 Å². The highest BCUT2D eigenvalue weighted by Gasteiger charge is 2.21. The molecule has 146 valence electrons. The van der Waals surface area contributed by atoms with Crippen LogP contribution in [0.3, 0.4) is 0 Å². The minimum Gasteiger partial charge on any atom is -0.439 e. The molecule has 0 amide bonds. The fourth-order valence-corrected chi connectivity index (χ4v) is 4.03. The molecule has 4 aromatic rings. The number of aromatic amines is 1. The van der Waals surface area contributed by atoms with Crippen molar-refractivity contribution in [1.82, 2.24) is 20.0 Å². The summed E-state index contributed by atoms with van der Waals surface area (Å²) in [4.78, 5) is 28.5. The standard InChI is InChI=1S/C22H20N4O3/c1-13-6-8-18-16(10-13)17-11-14(7-9-19(17)23-18)22(28)29-12-26-21(27)15-4-2-3-5-20(15)24-25-26/h2-5,7,9,11,13,23H,6,8,10,12H2,1H3. The van der Waals surface area contributed by atoms with E-state index in [-0.39, 0.29) is 12.3 Å². The zero-order valence-electron chi connectivity index (χ0n) is 16.0. The third kappa shape index (κ3) is 3.08. The highest BCUT2D eigenvalue weighted by atomic mass is 16.5. The van der Waals surface area contributed by atoms with E-state index in [4.69, 9.17) is 4.74 Å². The van der Waals surface area contributed by atoms with E-state index in [1.165, 1.54) is 17.7 Å². The van der Waals surface area contributed by atoms with Gasteiger partial charge in [-0.2, -0.15) is 4.68 Å². The Morgan fingerprint density at radius 3 is 3.00 bits per heavy atom. The van der Waals surface area contributed by atoms with Gasteiger partial charge in [0.05, 0.1) is 10.9 Å². The van der Waals surface area contributed by atoms with Crippen LogP contribution < -0.4 is 5.56 Å². The molecule has 1 aliphatic carbocycles. The van der Waals surface area contributed by atoms with Crippen molar-refractivity contribution < 1.29 is 9.53 Å². The van der Waals surface area contributed by atoms with Crippen molar-refractivity contribution in [2.75, 3.05) is 0 Å². The summed E-state index contributed by atoms with van der Waals surface area (Å²) in [7, 11) is 0. The number of aromatic nitrogens is 4. The van der Waals surface area contributed by atoms with Gasteiger partial charge in [0.1, 0.15) is 5.52 Å². The first-order chi connectivity index (χ1) is 14.1. The van der Waals surface area contributed by atoms with E-state index >= 15 is 0 Å². The Bertz CT molecular complexity index is 1300. The number of hydrogen-bond acceptors (Lipinski definition) is 5. The zero-order valence-corrected chi connectivity index (χ0v) is 16.0. The van der Waals surface area contributed by atoms with Crippen LogP contribution in [0.25, 0.3) is 21.8 Å². The van der Waals surface area contributed by atoms with Crippen LogP contribution in [0.15, 0.2) is 47.3 Å². The lowest BCUT2D eigenvalue weighted by atomic mass is 9.87. The Morgan fingerprint density at radius 2 is 2.10 bits per heavy atom. The number of benzene rings is 2. The Hall–Kier alpha value is -3.48. The van der Waals surface area contributed by atoms with Crippen molar-refractivity contribution in [2.24, 2.45) is 5.92 Å². The number of fused-ring (bicyclic) bond motifs is 4. The van der Waals surface area contributed by atoms with Gasteiger partial charge in [0.15, 0.2) is 6.73 Å². The molecule has 0 bridgehead atoms. The van der Waals surface area contributed by atoms with Crippen LogP contribution in [-0.2, 0) is 24.3 Å². The number of carbonyl (C=O) groups is 1. The van der Waals surface area contributed by atoms with Gasteiger partial charge in [0, 0.05) is 16.6 Å². The maximum atomic E-state index is 12.6. The number of esters is 1. The Balaban J connectivity index is 1.40. The monoisotopic (exact) mass is 388 g/mol. The van der Waals surface area contributed by atoms with Gasteiger partial charge in [-0.05, 0) is 61.1 Å². The quantitative estimate of drug-likeness (QED) is 0.544. The van der Waals surface area contributed by atoms with E-state index < -0.39 is 5.97 Å². The summed E-state index contributed by atoms with van der Waals surface area (Å²) in [5.74, 6) is 0.142. The Labute approximate surface area is 166 Å². The van der Waals surface area contributed by atoms with Crippen LogP contribution in [0.4, 0.5) is 0 Å². The number of hydrogen-bond donors (Lipinski definition) is 1. The molecule has 5 rings (SSSR count). The molecule has 29 heavy (non-hydrogen) atoms. The van der Waals surface area contributed by atoms with Crippen molar-refractivity contribution in [2.45, 2.75) is 32.9 Å². The summed E-state index contributed by atoms with van der Waals surface area (Å²) in [6, 6.07) is 12.5. The molecule has 1 unspecified atom stereocenters. The molecule has 0 saturated heterocycles. The minimum atomic E-state index is -0.493. The van der Waals surface area contributed by atoms with Gasteiger partial charge in [0.2, 0.25) is 0 Å². The average molecular weight is 388 g/mol. The van der Waals surface area contributed by atoms with Crippen LogP contribution in [-0.4, -0.2) is 25.9 Å². The maximum absolute atomic E-state index is 12.6. The van der Waals surface area contributed by atoms with Crippen LogP contribution in [0.1, 0.15) is 35.0 Å². The normalized spacial score (nSPS) is 16.1. The molecular formula is C22H20N4O3. The first-order valence-corrected chi connectivity index (χ1v) is 9.73. The summed E-state index contributed by atoms with van der Waals surface area (Å²) in [6.45, 7) is 1.97. The molecule has 0 aliphatic heterocycles. The first-order valence-electron chi connectivity index (χ1n) is 9.73. The van der Waals surface area contributed by atoms with E-state index in [9.17, 15) is 9.59 Å². The van der Waals surface area contributed by atoms with Gasteiger partial charge < -0.3 is 9.72 Å². The molecule has 0 radical (unpaired) electrons. The number of nitrogens with zero attached hydrogens (tertiary/aromatic N) is 3. The lowest BCUT2D eigenvalue weighted by Crippen LogP contribution is -2.26. The summed E-state index contributed by atoms with van der Waals surface area (Å²) in [5, 5.41) is 9.36. The second kappa shape index (κ2) is 6.84. The average Bonchev–Trinajstić information content (AvgIpc) is 3.10. The zero-order chi connectivity index (χ0) is 20.0. The molecule has 2 heterocycles. The smallest absolute Gasteiger partial charge is 0.339 e. The lowest BCUT2D eigenvalue weighted by molar-refractivity contribution is 0.0336. The molecule has 1 atom stereocenters. The van der Waals surface area contributed by atoms with Crippen molar-refractivity contribution in [1.29, 1.82) is 0 Å². The predicted octanol–water partition coefficient (Wildman–Crippen LogP) is 3.21. The van der Waals surface area contributed by atoms with Gasteiger partial charge >= 0.3 is 5.97 Å². The molecule has 7 nitrogen and oxygen atoms in total. The highest BCUT2D eigenvalue weighted by Crippen LogP contribution is 2.32. The van der Waals surface area contributed by atoms with E-state index in [2.05, 4.69) is 22.2 Å². The summed E-state index contributed by atoms with van der Waals surface area (Å²) < 4.78 is 6.40. The third-order valence-corrected chi connectivity index (χ3v) is 5.62. The molecule has 0 saturated carbocycles. The van der Waals surface area contributed by atoms with Gasteiger partial charge in [-0.3, -0.25) is 4.79 Å². The van der Waals surface area contributed by atoms with E-state index in [1.54, 1.807) is 30.3 Å². The number of rotatable bonds is 3. The first kappa shape index (κ1) is 17.6. The third-order valence-electron chi connectivity index (χ3n) is 5.62. The number of carbonyl (C=O) groups excluding carboxylic acids is 1. The SMILES string of the molecule is CC1CCc2[nH]c3ccc(C(=O)OCn4nnc5ccccc5c4=O)cc3c2C1. The largest absolute Gasteiger partial charge is 0.439 e. The molecular weight excluding hydrogens is 368 g/mol. The Morgan fingerprint density at radius 1 is 1.24 bits per heavy atom. The second-order valence-corrected chi connectivity index (χ2v) is 7.66. The molecule has 0 fully saturated rings. The number of nitrogens with one attached hydrogen (secondary N) is 1. The van der Waals surface area contributed by atoms with Crippen molar-refractivity contribution in [3.8, 4) is 0 Å². The fourth-order valence-electron chi connectivity index (χ4n) is 4.03. The fraction of sp³-hybridized carbons (Fsp3) is 0.273. The van der Waals surface area contributed by atoms with Crippen LogP contribution in [0, 0.1) is 5.92 Å². The molecule has 0 spiro atoms. The molecule has 2 aromatic heterocycles. The van der Waals surface area contributed by atoms with Crippen LogP contribution in [0.5, 0.6) is 0 Å².